The molecule has 2 heterocycles. The van der Waals surface area contributed by atoms with Crippen molar-refractivity contribution in [3.63, 3.8) is 0 Å². The van der Waals surface area contributed by atoms with Crippen molar-refractivity contribution in [2.75, 3.05) is 26.2 Å². The third-order valence-corrected chi connectivity index (χ3v) is 3.71. The summed E-state index contributed by atoms with van der Waals surface area (Å²) in [4.78, 5) is 20.7. The van der Waals surface area contributed by atoms with Crippen LogP contribution in [-0.4, -0.2) is 57.8 Å². The molecule has 1 amide bonds. The largest absolute Gasteiger partial charge is 0.444 e. The van der Waals surface area contributed by atoms with Crippen LogP contribution in [0.5, 0.6) is 0 Å². The Morgan fingerprint density at radius 2 is 1.83 bits per heavy atom. The molecule has 0 saturated carbocycles. The van der Waals surface area contributed by atoms with Gasteiger partial charge in [0.05, 0.1) is 6.54 Å². The number of carbonyl (C=O) groups excluding carboxylic acids is 1. The van der Waals surface area contributed by atoms with Crippen LogP contribution in [0.15, 0.2) is 4.52 Å². The monoisotopic (exact) mass is 338 g/mol. The van der Waals surface area contributed by atoms with Crippen molar-refractivity contribution in [1.29, 1.82) is 0 Å². The van der Waals surface area contributed by atoms with Crippen molar-refractivity contribution in [1.82, 2.24) is 19.9 Å². The highest BCUT2D eigenvalue weighted by atomic mass is 16.6. The average Bonchev–Trinajstić information content (AvgIpc) is 2.76. The first-order chi connectivity index (χ1) is 11.0. The summed E-state index contributed by atoms with van der Waals surface area (Å²) in [5.41, 5.74) is -0.603. The zero-order valence-corrected chi connectivity index (χ0v) is 15.8. The fourth-order valence-corrected chi connectivity index (χ4v) is 2.46. The molecule has 0 radical (unpaired) electrons. The maximum atomic E-state index is 12.2. The van der Waals surface area contributed by atoms with Gasteiger partial charge >= 0.3 is 6.09 Å². The molecule has 0 aliphatic carbocycles. The van der Waals surface area contributed by atoms with Gasteiger partial charge < -0.3 is 14.2 Å². The van der Waals surface area contributed by atoms with E-state index < -0.39 is 5.60 Å². The van der Waals surface area contributed by atoms with Gasteiger partial charge in [-0.1, -0.05) is 25.9 Å². The number of hydrogen-bond donors (Lipinski definition) is 0. The van der Waals surface area contributed by atoms with Crippen LogP contribution in [-0.2, 0) is 16.7 Å². The Morgan fingerprint density at radius 3 is 2.42 bits per heavy atom. The first kappa shape index (κ1) is 18.7. The SMILES string of the molecule is CC(C)(C)OC(=O)N1CCCN(Cc2noc(C(C)(C)C)n2)CC1. The predicted octanol–water partition coefficient (Wildman–Crippen LogP) is 2.81. The molecule has 1 aliphatic rings. The minimum absolute atomic E-state index is 0.141. The van der Waals surface area contributed by atoms with Gasteiger partial charge in [0.25, 0.3) is 0 Å². The Balaban J connectivity index is 1.89. The molecule has 1 aromatic rings. The van der Waals surface area contributed by atoms with Gasteiger partial charge in [-0.05, 0) is 27.2 Å². The molecule has 1 fully saturated rings. The summed E-state index contributed by atoms with van der Waals surface area (Å²) in [6, 6.07) is 0. The molecule has 1 aliphatic heterocycles. The molecule has 7 nitrogen and oxygen atoms in total. The van der Waals surface area contributed by atoms with E-state index in [2.05, 4.69) is 35.8 Å². The van der Waals surface area contributed by atoms with Crippen LogP contribution in [0.3, 0.4) is 0 Å². The molecule has 0 aromatic carbocycles. The van der Waals surface area contributed by atoms with Crippen LogP contribution < -0.4 is 0 Å². The van der Waals surface area contributed by atoms with E-state index in [0.29, 0.717) is 31.3 Å². The molecule has 0 spiro atoms. The maximum absolute atomic E-state index is 12.2. The first-order valence-electron chi connectivity index (χ1n) is 8.58. The lowest BCUT2D eigenvalue weighted by Gasteiger charge is -2.26. The number of carbonyl (C=O) groups is 1. The van der Waals surface area contributed by atoms with E-state index in [1.807, 2.05) is 20.8 Å². The lowest BCUT2D eigenvalue weighted by atomic mass is 9.97. The summed E-state index contributed by atoms with van der Waals surface area (Å²) in [5.74, 6) is 1.35. The third-order valence-electron chi connectivity index (χ3n) is 3.71. The zero-order chi connectivity index (χ0) is 18.0. The summed E-state index contributed by atoms with van der Waals surface area (Å²) >= 11 is 0. The van der Waals surface area contributed by atoms with Crippen LogP contribution in [0.4, 0.5) is 4.79 Å². The lowest BCUT2D eigenvalue weighted by Crippen LogP contribution is -2.39. The predicted molar refractivity (Wildman–Crippen MR) is 90.7 cm³/mol. The molecular weight excluding hydrogens is 308 g/mol. The van der Waals surface area contributed by atoms with Crippen molar-refractivity contribution in [2.45, 2.75) is 65.5 Å². The third kappa shape index (κ3) is 5.47. The molecule has 1 saturated heterocycles. The molecule has 2 rings (SSSR count). The molecular formula is C17H30N4O3. The van der Waals surface area contributed by atoms with Gasteiger partial charge in [0.2, 0.25) is 5.89 Å². The molecule has 0 unspecified atom stereocenters. The van der Waals surface area contributed by atoms with Gasteiger partial charge in [-0.2, -0.15) is 4.98 Å². The number of ether oxygens (including phenoxy) is 1. The number of aromatic nitrogens is 2. The summed E-state index contributed by atoms with van der Waals surface area (Å²) in [7, 11) is 0. The lowest BCUT2D eigenvalue weighted by molar-refractivity contribution is 0.0257. The summed E-state index contributed by atoms with van der Waals surface area (Å²) < 4.78 is 10.8. The molecule has 0 atom stereocenters. The van der Waals surface area contributed by atoms with E-state index in [0.717, 1.165) is 19.5 Å². The van der Waals surface area contributed by atoms with E-state index in [1.165, 1.54) is 0 Å². The Morgan fingerprint density at radius 1 is 1.12 bits per heavy atom. The number of rotatable bonds is 2. The number of nitrogens with zero attached hydrogens (tertiary/aromatic N) is 4. The van der Waals surface area contributed by atoms with Gasteiger partial charge in [-0.25, -0.2) is 4.79 Å². The van der Waals surface area contributed by atoms with Crippen LogP contribution in [0.25, 0.3) is 0 Å². The van der Waals surface area contributed by atoms with E-state index in [1.54, 1.807) is 4.90 Å². The van der Waals surface area contributed by atoms with Crippen molar-refractivity contribution in [3.05, 3.63) is 11.7 Å². The Hall–Kier alpha value is -1.63. The molecule has 136 valence electrons. The highest BCUT2D eigenvalue weighted by molar-refractivity contribution is 5.68. The minimum Gasteiger partial charge on any atom is -0.444 e. The van der Waals surface area contributed by atoms with Gasteiger partial charge in [0, 0.05) is 31.6 Å². The molecule has 7 heteroatoms. The topological polar surface area (TPSA) is 71.7 Å². The van der Waals surface area contributed by atoms with Crippen molar-refractivity contribution in [3.8, 4) is 0 Å². The van der Waals surface area contributed by atoms with E-state index in [9.17, 15) is 4.79 Å². The number of hydrogen-bond acceptors (Lipinski definition) is 6. The summed E-state index contributed by atoms with van der Waals surface area (Å²) in [6.45, 7) is 15.5. The quantitative estimate of drug-likeness (QED) is 0.826. The summed E-state index contributed by atoms with van der Waals surface area (Å²) in [5, 5.41) is 4.08. The molecule has 0 bridgehead atoms. The van der Waals surface area contributed by atoms with Crippen LogP contribution >= 0.6 is 0 Å². The first-order valence-corrected chi connectivity index (χ1v) is 8.58. The van der Waals surface area contributed by atoms with Crippen LogP contribution in [0, 0.1) is 0 Å². The smallest absolute Gasteiger partial charge is 0.410 e. The molecule has 1 aromatic heterocycles. The van der Waals surface area contributed by atoms with E-state index in [-0.39, 0.29) is 11.5 Å². The zero-order valence-electron chi connectivity index (χ0n) is 15.8. The van der Waals surface area contributed by atoms with Gasteiger partial charge in [0.1, 0.15) is 5.60 Å². The Labute approximate surface area is 144 Å². The standard InChI is InChI=1S/C17H30N4O3/c1-16(2,3)14-18-13(19-24-14)12-20-8-7-9-21(11-10-20)15(22)23-17(4,5)6/h7-12H2,1-6H3. The number of amides is 1. The van der Waals surface area contributed by atoms with Crippen molar-refractivity contribution in [2.24, 2.45) is 0 Å². The average molecular weight is 338 g/mol. The molecule has 0 N–H and O–H groups in total. The minimum atomic E-state index is -0.461. The maximum Gasteiger partial charge on any atom is 0.410 e. The van der Waals surface area contributed by atoms with Gasteiger partial charge in [0.15, 0.2) is 5.82 Å². The van der Waals surface area contributed by atoms with Gasteiger partial charge in [-0.3, -0.25) is 4.90 Å². The second-order valence-corrected chi connectivity index (χ2v) is 8.36. The highest BCUT2D eigenvalue weighted by Gasteiger charge is 2.26. The second-order valence-electron chi connectivity index (χ2n) is 8.36. The second kappa shape index (κ2) is 7.09. The Bertz CT molecular complexity index is 557. The van der Waals surface area contributed by atoms with Gasteiger partial charge in [-0.15, -0.1) is 0 Å². The van der Waals surface area contributed by atoms with E-state index >= 15 is 0 Å². The summed E-state index contributed by atoms with van der Waals surface area (Å²) in [6.07, 6.45) is 0.669. The normalized spacial score (nSPS) is 17.7. The van der Waals surface area contributed by atoms with Crippen molar-refractivity contribution < 1.29 is 14.1 Å². The fraction of sp³-hybridized carbons (Fsp3) is 0.824. The van der Waals surface area contributed by atoms with E-state index in [4.69, 9.17) is 9.26 Å². The van der Waals surface area contributed by atoms with Crippen LogP contribution in [0.2, 0.25) is 0 Å². The fourth-order valence-electron chi connectivity index (χ4n) is 2.46. The van der Waals surface area contributed by atoms with Crippen molar-refractivity contribution >= 4 is 6.09 Å². The van der Waals surface area contributed by atoms with Crippen LogP contribution in [0.1, 0.15) is 59.7 Å². The molecule has 24 heavy (non-hydrogen) atoms. The Kier molecular flexibility index (Phi) is 5.52. The highest BCUT2D eigenvalue weighted by Crippen LogP contribution is 2.20.